The minimum absolute atomic E-state index is 1.25. The molecule has 0 N–H and O–H groups in total. The van der Waals surface area contributed by atoms with E-state index in [-0.39, 0.29) is 0 Å². The van der Waals surface area contributed by atoms with Crippen LogP contribution in [-0.2, 0) is 0 Å². The van der Waals surface area contributed by atoms with E-state index in [0.717, 1.165) is 0 Å². The topological polar surface area (TPSA) is 0 Å². The molecule has 0 saturated carbocycles. The van der Waals surface area contributed by atoms with Crippen molar-refractivity contribution in [3.05, 3.63) is 24.3 Å². The van der Waals surface area contributed by atoms with Crippen molar-refractivity contribution < 1.29 is 0 Å². The summed E-state index contributed by atoms with van der Waals surface area (Å²) < 4.78 is 0. The highest BCUT2D eigenvalue weighted by Gasteiger charge is 1.97. The minimum Gasteiger partial charge on any atom is -0.0988 e. The van der Waals surface area contributed by atoms with Crippen LogP contribution in [0, 0.1) is 0 Å². The van der Waals surface area contributed by atoms with E-state index in [9.17, 15) is 0 Å². The highest BCUT2D eigenvalue weighted by molar-refractivity contribution is 5.15. The molecule has 0 atom stereocenters. The molecular formula is C13H22. The van der Waals surface area contributed by atoms with Gasteiger partial charge in [0.15, 0.2) is 0 Å². The summed E-state index contributed by atoms with van der Waals surface area (Å²) >= 11 is 0. The molecule has 1 aliphatic rings. The highest BCUT2D eigenvalue weighted by Crippen LogP contribution is 2.16. The minimum atomic E-state index is 1.25. The molecule has 0 heteroatoms. The van der Waals surface area contributed by atoms with Gasteiger partial charge in [0.1, 0.15) is 0 Å². The first-order valence-corrected chi connectivity index (χ1v) is 5.75. The van der Waals surface area contributed by atoms with Crippen LogP contribution in [0.2, 0.25) is 0 Å². The molecule has 0 saturated heterocycles. The first kappa shape index (κ1) is 10.6. The van der Waals surface area contributed by atoms with E-state index in [2.05, 4.69) is 12.7 Å². The molecule has 74 valence electrons. The van der Waals surface area contributed by atoms with Crippen molar-refractivity contribution in [3.63, 3.8) is 0 Å². The van der Waals surface area contributed by atoms with Gasteiger partial charge in [-0.05, 0) is 25.7 Å². The van der Waals surface area contributed by atoms with E-state index in [0.29, 0.717) is 0 Å². The van der Waals surface area contributed by atoms with Crippen LogP contribution in [0.5, 0.6) is 0 Å². The summed E-state index contributed by atoms with van der Waals surface area (Å²) in [4.78, 5) is 0. The molecule has 0 heterocycles. The third-order valence-electron chi connectivity index (χ3n) is 2.84. The Morgan fingerprint density at radius 1 is 0.923 bits per heavy atom. The molecule has 0 amide bonds. The summed E-state index contributed by atoms with van der Waals surface area (Å²) in [7, 11) is 0. The molecule has 0 aromatic carbocycles. The molecule has 0 nitrogen and oxygen atoms in total. The monoisotopic (exact) mass is 178 g/mol. The molecule has 0 aromatic rings. The van der Waals surface area contributed by atoms with Gasteiger partial charge >= 0.3 is 0 Å². The van der Waals surface area contributed by atoms with Gasteiger partial charge < -0.3 is 0 Å². The van der Waals surface area contributed by atoms with Gasteiger partial charge in [-0.3, -0.25) is 0 Å². The standard InChI is InChI=1S/C13H22/c1-2-13-11-9-7-5-3-4-6-8-10-12-13/h2,11H,1,3-10,12H2/b13-11-. The van der Waals surface area contributed by atoms with Gasteiger partial charge in [-0.25, -0.2) is 0 Å². The fourth-order valence-corrected chi connectivity index (χ4v) is 1.93. The van der Waals surface area contributed by atoms with Gasteiger partial charge in [0.05, 0.1) is 0 Å². The zero-order valence-electron chi connectivity index (χ0n) is 8.73. The molecule has 0 bridgehead atoms. The summed E-state index contributed by atoms with van der Waals surface area (Å²) in [5.41, 5.74) is 1.47. The lowest BCUT2D eigenvalue weighted by Gasteiger charge is -2.00. The van der Waals surface area contributed by atoms with Crippen LogP contribution < -0.4 is 0 Å². The van der Waals surface area contributed by atoms with Gasteiger partial charge in [0.2, 0.25) is 0 Å². The lowest BCUT2D eigenvalue weighted by molar-refractivity contribution is 0.588. The number of rotatable bonds is 1. The molecule has 0 fully saturated rings. The van der Waals surface area contributed by atoms with E-state index in [1.807, 2.05) is 6.08 Å². The second kappa shape index (κ2) is 6.94. The van der Waals surface area contributed by atoms with E-state index < -0.39 is 0 Å². The van der Waals surface area contributed by atoms with E-state index >= 15 is 0 Å². The first-order valence-electron chi connectivity index (χ1n) is 5.75. The second-order valence-electron chi connectivity index (χ2n) is 4.00. The number of allylic oxidation sites excluding steroid dienone is 3. The van der Waals surface area contributed by atoms with Gasteiger partial charge in [0, 0.05) is 0 Å². The van der Waals surface area contributed by atoms with E-state index in [1.54, 1.807) is 0 Å². The van der Waals surface area contributed by atoms with Crippen LogP contribution >= 0.6 is 0 Å². The Hall–Kier alpha value is -0.520. The summed E-state index contributed by atoms with van der Waals surface area (Å²) in [5.74, 6) is 0. The molecule has 0 unspecified atom stereocenters. The normalized spacial score (nSPS) is 25.4. The molecule has 0 aliphatic heterocycles. The molecule has 0 spiro atoms. The van der Waals surface area contributed by atoms with Gasteiger partial charge in [0.25, 0.3) is 0 Å². The lowest BCUT2D eigenvalue weighted by atomic mass is 10.1. The van der Waals surface area contributed by atoms with Crippen molar-refractivity contribution in [1.82, 2.24) is 0 Å². The molecule has 1 aliphatic carbocycles. The Balaban J connectivity index is 2.35. The molecule has 0 aromatic heterocycles. The van der Waals surface area contributed by atoms with Crippen molar-refractivity contribution in [2.24, 2.45) is 0 Å². The van der Waals surface area contributed by atoms with Crippen LogP contribution in [-0.4, -0.2) is 0 Å². The lowest BCUT2D eigenvalue weighted by Crippen LogP contribution is -1.80. The van der Waals surface area contributed by atoms with Crippen LogP contribution in [0.1, 0.15) is 57.8 Å². The van der Waals surface area contributed by atoms with Crippen LogP contribution in [0.3, 0.4) is 0 Å². The second-order valence-corrected chi connectivity index (χ2v) is 4.00. The van der Waals surface area contributed by atoms with Gasteiger partial charge in [-0.1, -0.05) is 56.4 Å². The van der Waals surface area contributed by atoms with E-state index in [4.69, 9.17) is 0 Å². The summed E-state index contributed by atoms with van der Waals surface area (Å²) in [6.45, 7) is 3.87. The molecule has 0 radical (unpaired) electrons. The number of hydrogen-bond acceptors (Lipinski definition) is 0. The molecule has 1 rings (SSSR count). The summed E-state index contributed by atoms with van der Waals surface area (Å²) in [5, 5.41) is 0. The third kappa shape index (κ3) is 4.92. The SMILES string of the molecule is C=C/C1=C/CCCCCCCCC1. The van der Waals surface area contributed by atoms with Gasteiger partial charge in [-0.2, -0.15) is 0 Å². The van der Waals surface area contributed by atoms with Crippen molar-refractivity contribution in [1.29, 1.82) is 0 Å². The molecular weight excluding hydrogens is 156 g/mol. The predicted molar refractivity (Wildman–Crippen MR) is 59.8 cm³/mol. The Morgan fingerprint density at radius 2 is 1.54 bits per heavy atom. The largest absolute Gasteiger partial charge is 0.0988 e. The van der Waals surface area contributed by atoms with Crippen molar-refractivity contribution in [2.45, 2.75) is 57.8 Å². The van der Waals surface area contributed by atoms with Crippen molar-refractivity contribution in [2.75, 3.05) is 0 Å². The number of hydrogen-bond donors (Lipinski definition) is 0. The maximum atomic E-state index is 3.87. The molecule has 13 heavy (non-hydrogen) atoms. The maximum Gasteiger partial charge on any atom is -0.0282 e. The average molecular weight is 178 g/mol. The van der Waals surface area contributed by atoms with E-state index in [1.165, 1.54) is 63.4 Å². The zero-order valence-corrected chi connectivity index (χ0v) is 8.73. The Morgan fingerprint density at radius 3 is 2.23 bits per heavy atom. The fourth-order valence-electron chi connectivity index (χ4n) is 1.93. The Kier molecular flexibility index (Phi) is 5.64. The van der Waals surface area contributed by atoms with Crippen molar-refractivity contribution in [3.8, 4) is 0 Å². The maximum absolute atomic E-state index is 3.87. The van der Waals surface area contributed by atoms with Crippen LogP contribution in [0.25, 0.3) is 0 Å². The third-order valence-corrected chi connectivity index (χ3v) is 2.84. The summed E-state index contributed by atoms with van der Waals surface area (Å²) in [6, 6.07) is 0. The smallest absolute Gasteiger partial charge is 0.0282 e. The Labute approximate surface area is 82.7 Å². The highest BCUT2D eigenvalue weighted by atomic mass is 14.0. The average Bonchev–Trinajstić information content (AvgIpc) is 2.22. The van der Waals surface area contributed by atoms with Crippen molar-refractivity contribution >= 4 is 0 Å². The predicted octanol–water partition coefficient (Wildman–Crippen LogP) is 4.62. The quantitative estimate of drug-likeness (QED) is 0.549. The van der Waals surface area contributed by atoms with Crippen LogP contribution in [0.4, 0.5) is 0 Å². The summed E-state index contributed by atoms with van der Waals surface area (Å²) in [6.07, 6.45) is 16.8. The zero-order chi connectivity index (χ0) is 9.36. The van der Waals surface area contributed by atoms with Gasteiger partial charge in [-0.15, -0.1) is 0 Å². The fraction of sp³-hybridized carbons (Fsp3) is 0.692. The van der Waals surface area contributed by atoms with Crippen LogP contribution in [0.15, 0.2) is 24.3 Å². The Bertz CT molecular complexity index is 165. The first-order chi connectivity index (χ1) is 6.43.